The van der Waals surface area contributed by atoms with Crippen LogP contribution in [0.15, 0.2) is 18.2 Å². The van der Waals surface area contributed by atoms with Crippen LogP contribution in [0.1, 0.15) is 30.3 Å². The van der Waals surface area contributed by atoms with E-state index in [9.17, 15) is 4.39 Å². The lowest BCUT2D eigenvalue weighted by atomic mass is 10.2. The maximum atomic E-state index is 13.5. The molecule has 0 amide bonds. The smallest absolute Gasteiger partial charge is 0.151 e. The second kappa shape index (κ2) is 4.09. The van der Waals surface area contributed by atoms with E-state index in [0.717, 1.165) is 17.8 Å². The number of benzene rings is 1. The largest absolute Gasteiger partial charge is 0.341 e. The third-order valence-electron chi connectivity index (χ3n) is 2.97. The van der Waals surface area contributed by atoms with Crippen LogP contribution in [0.25, 0.3) is 11.0 Å². The summed E-state index contributed by atoms with van der Waals surface area (Å²) in [7, 11) is 0. The summed E-state index contributed by atoms with van der Waals surface area (Å²) >= 11 is 1.92. The number of thioether (sulfide) groups is 1. The van der Waals surface area contributed by atoms with Gasteiger partial charge in [-0.15, -0.1) is 0 Å². The molecule has 1 aromatic heterocycles. The van der Waals surface area contributed by atoms with Gasteiger partial charge in [0.25, 0.3) is 0 Å². The minimum atomic E-state index is -0.235. The van der Waals surface area contributed by atoms with Crippen LogP contribution in [0.3, 0.4) is 0 Å². The van der Waals surface area contributed by atoms with Gasteiger partial charge in [-0.05, 0) is 30.7 Å². The Bertz CT molecular complexity index is 503. The SMILES string of the molecule is Fc1cccc2[nH]c(C3CCCCS3)nc12. The highest BCUT2D eigenvalue weighted by atomic mass is 32.2. The van der Waals surface area contributed by atoms with Gasteiger partial charge < -0.3 is 4.98 Å². The van der Waals surface area contributed by atoms with E-state index < -0.39 is 0 Å². The van der Waals surface area contributed by atoms with E-state index in [1.165, 1.54) is 24.7 Å². The number of imidazole rings is 1. The van der Waals surface area contributed by atoms with Crippen molar-refractivity contribution >= 4 is 22.8 Å². The monoisotopic (exact) mass is 236 g/mol. The number of para-hydroxylation sites is 1. The molecule has 1 atom stereocenters. The molecule has 3 rings (SSSR count). The van der Waals surface area contributed by atoms with Crippen molar-refractivity contribution in [2.75, 3.05) is 5.75 Å². The highest BCUT2D eigenvalue weighted by molar-refractivity contribution is 7.99. The summed E-state index contributed by atoms with van der Waals surface area (Å²) in [5.74, 6) is 1.88. The molecular formula is C12H13FN2S. The fourth-order valence-corrected chi connectivity index (χ4v) is 3.38. The number of fused-ring (bicyclic) bond motifs is 1. The summed E-state index contributed by atoms with van der Waals surface area (Å²) in [6.07, 6.45) is 3.68. The van der Waals surface area contributed by atoms with Gasteiger partial charge in [0, 0.05) is 0 Å². The van der Waals surface area contributed by atoms with Gasteiger partial charge >= 0.3 is 0 Å². The summed E-state index contributed by atoms with van der Waals surface area (Å²) in [5.41, 5.74) is 1.28. The number of hydrogen-bond acceptors (Lipinski definition) is 2. The lowest BCUT2D eigenvalue weighted by molar-refractivity contribution is 0.635. The van der Waals surface area contributed by atoms with Crippen LogP contribution in [0.2, 0.25) is 0 Å². The zero-order chi connectivity index (χ0) is 11.0. The van der Waals surface area contributed by atoms with Crippen molar-refractivity contribution in [2.24, 2.45) is 0 Å². The first-order valence-electron chi connectivity index (χ1n) is 5.60. The standard InChI is InChI=1S/C12H13FN2S/c13-8-4-3-5-9-11(8)15-12(14-9)10-6-1-2-7-16-10/h3-5,10H,1-2,6-7H2,(H,14,15). The molecule has 0 spiro atoms. The van der Waals surface area contributed by atoms with E-state index in [2.05, 4.69) is 9.97 Å². The van der Waals surface area contributed by atoms with Crippen LogP contribution >= 0.6 is 11.8 Å². The maximum absolute atomic E-state index is 13.5. The van der Waals surface area contributed by atoms with Gasteiger partial charge in [-0.2, -0.15) is 11.8 Å². The molecule has 1 saturated heterocycles. The molecule has 1 fully saturated rings. The fourth-order valence-electron chi connectivity index (χ4n) is 2.13. The van der Waals surface area contributed by atoms with Crippen LogP contribution in [0.4, 0.5) is 4.39 Å². The van der Waals surface area contributed by atoms with Gasteiger partial charge in [0.2, 0.25) is 0 Å². The van der Waals surface area contributed by atoms with Gasteiger partial charge in [0.1, 0.15) is 11.3 Å². The number of nitrogens with one attached hydrogen (secondary N) is 1. The maximum Gasteiger partial charge on any atom is 0.151 e. The Kier molecular flexibility index (Phi) is 2.59. The molecule has 84 valence electrons. The third-order valence-corrected chi connectivity index (χ3v) is 4.35. The number of halogens is 1. The second-order valence-electron chi connectivity index (χ2n) is 4.11. The van der Waals surface area contributed by atoms with Crippen LogP contribution in [0.5, 0.6) is 0 Å². The molecule has 1 N–H and O–H groups in total. The Morgan fingerprint density at radius 1 is 1.38 bits per heavy atom. The number of hydrogen-bond donors (Lipinski definition) is 1. The molecule has 2 aromatic rings. The molecule has 0 aliphatic carbocycles. The van der Waals surface area contributed by atoms with E-state index in [4.69, 9.17) is 0 Å². The van der Waals surface area contributed by atoms with Crippen molar-refractivity contribution < 1.29 is 4.39 Å². The Morgan fingerprint density at radius 3 is 3.06 bits per heavy atom. The predicted octanol–water partition coefficient (Wildman–Crippen LogP) is 3.66. The molecular weight excluding hydrogens is 223 g/mol. The molecule has 1 unspecified atom stereocenters. The molecule has 0 bridgehead atoms. The van der Waals surface area contributed by atoms with Gasteiger partial charge in [-0.3, -0.25) is 0 Å². The summed E-state index contributed by atoms with van der Waals surface area (Å²) in [5, 5.41) is 0.417. The topological polar surface area (TPSA) is 28.7 Å². The average Bonchev–Trinajstić information content (AvgIpc) is 2.76. The van der Waals surface area contributed by atoms with E-state index in [1.807, 2.05) is 17.8 Å². The molecule has 1 aliphatic heterocycles. The summed E-state index contributed by atoms with van der Waals surface area (Å²) in [6.45, 7) is 0. The Hall–Kier alpha value is -1.03. The molecule has 16 heavy (non-hydrogen) atoms. The normalized spacial score (nSPS) is 21.4. The van der Waals surface area contributed by atoms with Gasteiger partial charge in [0.15, 0.2) is 5.82 Å². The molecule has 4 heteroatoms. The first-order valence-corrected chi connectivity index (χ1v) is 6.65. The van der Waals surface area contributed by atoms with Crippen LogP contribution in [0, 0.1) is 5.82 Å². The fraction of sp³-hybridized carbons (Fsp3) is 0.417. The summed E-state index contributed by atoms with van der Waals surface area (Å²) in [4.78, 5) is 7.62. The van der Waals surface area contributed by atoms with Crippen molar-refractivity contribution in [3.63, 3.8) is 0 Å². The van der Waals surface area contributed by atoms with E-state index in [-0.39, 0.29) is 5.82 Å². The quantitative estimate of drug-likeness (QED) is 0.818. The summed E-state index contributed by atoms with van der Waals surface area (Å²) < 4.78 is 13.5. The van der Waals surface area contributed by atoms with Crippen LogP contribution in [-0.2, 0) is 0 Å². The Labute approximate surface area is 97.6 Å². The van der Waals surface area contributed by atoms with E-state index in [0.29, 0.717) is 10.8 Å². The van der Waals surface area contributed by atoms with E-state index in [1.54, 1.807) is 6.07 Å². The lowest BCUT2D eigenvalue weighted by Crippen LogP contribution is -2.03. The van der Waals surface area contributed by atoms with Crippen LogP contribution < -0.4 is 0 Å². The second-order valence-corrected chi connectivity index (χ2v) is 5.42. The van der Waals surface area contributed by atoms with Crippen molar-refractivity contribution in [3.8, 4) is 0 Å². The van der Waals surface area contributed by atoms with Crippen LogP contribution in [-0.4, -0.2) is 15.7 Å². The minimum Gasteiger partial charge on any atom is -0.341 e. The minimum absolute atomic E-state index is 0.235. The van der Waals surface area contributed by atoms with Crippen molar-refractivity contribution in [3.05, 3.63) is 29.8 Å². The summed E-state index contributed by atoms with van der Waals surface area (Å²) in [6, 6.07) is 5.05. The third kappa shape index (κ3) is 1.71. The number of nitrogens with zero attached hydrogens (tertiary/aromatic N) is 1. The number of rotatable bonds is 1. The number of H-pyrrole nitrogens is 1. The Balaban J connectivity index is 2.01. The van der Waals surface area contributed by atoms with Gasteiger partial charge in [-0.1, -0.05) is 12.5 Å². The molecule has 1 aromatic carbocycles. The van der Waals surface area contributed by atoms with Gasteiger partial charge in [-0.25, -0.2) is 9.37 Å². The van der Waals surface area contributed by atoms with Crippen molar-refractivity contribution in [1.29, 1.82) is 0 Å². The molecule has 2 nitrogen and oxygen atoms in total. The van der Waals surface area contributed by atoms with Crippen molar-refractivity contribution in [2.45, 2.75) is 24.5 Å². The van der Waals surface area contributed by atoms with E-state index >= 15 is 0 Å². The lowest BCUT2D eigenvalue weighted by Gasteiger charge is -2.18. The zero-order valence-electron chi connectivity index (χ0n) is 8.87. The molecule has 2 heterocycles. The van der Waals surface area contributed by atoms with Gasteiger partial charge in [0.05, 0.1) is 10.8 Å². The highest BCUT2D eigenvalue weighted by Crippen LogP contribution is 2.37. The number of aromatic nitrogens is 2. The number of aromatic amines is 1. The molecule has 0 saturated carbocycles. The molecule has 1 aliphatic rings. The first-order chi connectivity index (χ1) is 7.84. The van der Waals surface area contributed by atoms with Crippen molar-refractivity contribution in [1.82, 2.24) is 9.97 Å². The highest BCUT2D eigenvalue weighted by Gasteiger charge is 2.19. The Morgan fingerprint density at radius 2 is 2.31 bits per heavy atom. The first kappa shape index (κ1) is 10.1. The average molecular weight is 236 g/mol. The predicted molar refractivity (Wildman–Crippen MR) is 65.1 cm³/mol. The molecule has 0 radical (unpaired) electrons. The zero-order valence-corrected chi connectivity index (χ0v) is 9.69.